The zero-order chi connectivity index (χ0) is 19.2. The van der Waals surface area contributed by atoms with Gasteiger partial charge in [0.1, 0.15) is 5.75 Å². The van der Waals surface area contributed by atoms with E-state index in [0.717, 1.165) is 16.9 Å². The lowest BCUT2D eigenvalue weighted by molar-refractivity contribution is -0.121. The lowest BCUT2D eigenvalue weighted by Gasteiger charge is -2.14. The van der Waals surface area contributed by atoms with Gasteiger partial charge in [-0.05, 0) is 31.5 Å². The van der Waals surface area contributed by atoms with E-state index < -0.39 is 0 Å². The molecule has 0 aliphatic rings. The van der Waals surface area contributed by atoms with Crippen LogP contribution in [0.4, 0.5) is 0 Å². The molecule has 0 aliphatic heterocycles. The first-order valence-electron chi connectivity index (χ1n) is 8.88. The van der Waals surface area contributed by atoms with E-state index in [2.05, 4.69) is 15.5 Å². The van der Waals surface area contributed by atoms with Crippen LogP contribution in [-0.4, -0.2) is 23.2 Å². The van der Waals surface area contributed by atoms with E-state index in [1.165, 1.54) is 5.56 Å². The summed E-state index contributed by atoms with van der Waals surface area (Å²) >= 11 is 0. The minimum atomic E-state index is -0.0887. The molecule has 6 nitrogen and oxygen atoms in total. The molecule has 0 bridgehead atoms. The van der Waals surface area contributed by atoms with Crippen molar-refractivity contribution in [2.45, 2.75) is 32.7 Å². The quantitative estimate of drug-likeness (QED) is 0.688. The predicted molar refractivity (Wildman–Crippen MR) is 102 cm³/mol. The number of hydrogen-bond acceptors (Lipinski definition) is 5. The molecule has 2 aromatic carbocycles. The smallest absolute Gasteiger partial charge is 0.227 e. The number of hydrogen-bond donors (Lipinski definition) is 1. The van der Waals surface area contributed by atoms with Crippen LogP contribution in [-0.2, 0) is 11.2 Å². The van der Waals surface area contributed by atoms with Gasteiger partial charge in [0.15, 0.2) is 0 Å². The molecule has 0 radical (unpaired) electrons. The van der Waals surface area contributed by atoms with Crippen molar-refractivity contribution in [3.05, 3.63) is 65.5 Å². The Bertz CT molecular complexity index is 886. The van der Waals surface area contributed by atoms with E-state index in [1.54, 1.807) is 7.11 Å². The Morgan fingerprint density at radius 1 is 1.15 bits per heavy atom. The molecule has 0 unspecified atom stereocenters. The van der Waals surface area contributed by atoms with Crippen molar-refractivity contribution in [1.29, 1.82) is 0 Å². The second-order valence-corrected chi connectivity index (χ2v) is 6.44. The number of nitrogens with zero attached hydrogens (tertiary/aromatic N) is 2. The van der Waals surface area contributed by atoms with E-state index in [4.69, 9.17) is 9.26 Å². The SMILES string of the molecule is COc1ccc([C@H](C)NC(=O)CCc2nc(-c3ccc(C)cc3)no2)cc1. The number of aryl methyl sites for hydroxylation is 2. The molecular weight excluding hydrogens is 342 g/mol. The Hall–Kier alpha value is -3.15. The molecular formula is C21H23N3O3. The van der Waals surface area contributed by atoms with Gasteiger partial charge in [-0.25, -0.2) is 0 Å². The third-order valence-electron chi connectivity index (χ3n) is 4.34. The number of carbonyl (C=O) groups is 1. The first-order valence-corrected chi connectivity index (χ1v) is 8.88. The fraction of sp³-hybridized carbons (Fsp3) is 0.286. The van der Waals surface area contributed by atoms with E-state index >= 15 is 0 Å². The standard InChI is InChI=1S/C21H23N3O3/c1-14-4-6-17(7-5-14)21-23-20(27-24-21)13-12-19(25)22-15(2)16-8-10-18(26-3)11-9-16/h4-11,15H,12-13H2,1-3H3,(H,22,25)/t15-/m0/s1. The van der Waals surface area contributed by atoms with Crippen molar-refractivity contribution in [2.24, 2.45) is 0 Å². The summed E-state index contributed by atoms with van der Waals surface area (Å²) in [5.74, 6) is 1.72. The van der Waals surface area contributed by atoms with Gasteiger partial charge in [0.05, 0.1) is 13.2 Å². The Labute approximate surface area is 158 Å². The van der Waals surface area contributed by atoms with Crippen LogP contribution in [0.1, 0.15) is 36.4 Å². The maximum Gasteiger partial charge on any atom is 0.227 e. The maximum absolute atomic E-state index is 12.2. The van der Waals surface area contributed by atoms with E-state index in [9.17, 15) is 4.79 Å². The highest BCUT2D eigenvalue weighted by Crippen LogP contribution is 2.18. The van der Waals surface area contributed by atoms with E-state index in [0.29, 0.717) is 18.1 Å². The fourth-order valence-electron chi connectivity index (χ4n) is 2.69. The van der Waals surface area contributed by atoms with Crippen molar-refractivity contribution < 1.29 is 14.1 Å². The number of rotatable bonds is 7. The Morgan fingerprint density at radius 3 is 2.52 bits per heavy atom. The Morgan fingerprint density at radius 2 is 1.85 bits per heavy atom. The average molecular weight is 365 g/mol. The Balaban J connectivity index is 1.52. The zero-order valence-corrected chi connectivity index (χ0v) is 15.7. The van der Waals surface area contributed by atoms with Gasteiger partial charge in [0.25, 0.3) is 0 Å². The fourth-order valence-corrected chi connectivity index (χ4v) is 2.69. The van der Waals surface area contributed by atoms with Gasteiger partial charge in [-0.3, -0.25) is 4.79 Å². The highest BCUT2D eigenvalue weighted by Gasteiger charge is 2.13. The molecule has 1 N–H and O–H groups in total. The molecule has 1 atom stereocenters. The van der Waals surface area contributed by atoms with Gasteiger partial charge < -0.3 is 14.6 Å². The van der Waals surface area contributed by atoms with Crippen molar-refractivity contribution in [3.8, 4) is 17.1 Å². The van der Waals surface area contributed by atoms with Crippen LogP contribution in [0.25, 0.3) is 11.4 Å². The van der Waals surface area contributed by atoms with Gasteiger partial charge in [-0.2, -0.15) is 4.98 Å². The maximum atomic E-state index is 12.2. The third-order valence-corrected chi connectivity index (χ3v) is 4.34. The largest absolute Gasteiger partial charge is 0.497 e. The molecule has 3 aromatic rings. The van der Waals surface area contributed by atoms with E-state index in [1.807, 2.05) is 62.4 Å². The Kier molecular flexibility index (Phi) is 5.86. The third kappa shape index (κ3) is 4.94. The van der Waals surface area contributed by atoms with Crippen LogP contribution >= 0.6 is 0 Å². The number of aromatic nitrogens is 2. The second-order valence-electron chi connectivity index (χ2n) is 6.44. The molecule has 6 heteroatoms. The monoisotopic (exact) mass is 365 g/mol. The molecule has 27 heavy (non-hydrogen) atoms. The second kappa shape index (κ2) is 8.49. The van der Waals surface area contributed by atoms with Crippen LogP contribution in [0.5, 0.6) is 5.75 Å². The molecule has 1 amide bonds. The highest BCUT2D eigenvalue weighted by atomic mass is 16.5. The molecule has 0 fully saturated rings. The lowest BCUT2D eigenvalue weighted by atomic mass is 10.1. The van der Waals surface area contributed by atoms with Gasteiger partial charge >= 0.3 is 0 Å². The molecule has 1 heterocycles. The van der Waals surface area contributed by atoms with Crippen LogP contribution in [0, 0.1) is 6.92 Å². The number of amides is 1. The number of carbonyl (C=O) groups excluding carboxylic acids is 1. The molecule has 140 valence electrons. The first kappa shape index (κ1) is 18.6. The van der Waals surface area contributed by atoms with Gasteiger partial charge in [0, 0.05) is 18.4 Å². The summed E-state index contributed by atoms with van der Waals surface area (Å²) in [7, 11) is 1.63. The molecule has 0 spiro atoms. The predicted octanol–water partition coefficient (Wildman–Crippen LogP) is 3.86. The van der Waals surface area contributed by atoms with Crippen molar-refractivity contribution >= 4 is 5.91 Å². The van der Waals surface area contributed by atoms with Crippen molar-refractivity contribution in [3.63, 3.8) is 0 Å². The molecule has 0 saturated heterocycles. The minimum absolute atomic E-state index is 0.0617. The van der Waals surface area contributed by atoms with Crippen LogP contribution in [0.15, 0.2) is 53.1 Å². The van der Waals surface area contributed by atoms with Gasteiger partial charge in [0.2, 0.25) is 17.6 Å². The van der Waals surface area contributed by atoms with E-state index in [-0.39, 0.29) is 18.4 Å². The number of ether oxygens (including phenoxy) is 1. The van der Waals surface area contributed by atoms with Crippen molar-refractivity contribution in [1.82, 2.24) is 15.5 Å². The first-order chi connectivity index (χ1) is 13.0. The normalized spacial score (nSPS) is 11.8. The average Bonchev–Trinajstić information content (AvgIpc) is 3.16. The summed E-state index contributed by atoms with van der Waals surface area (Å²) in [5, 5.41) is 6.97. The number of methoxy groups -OCH3 is 1. The number of nitrogens with one attached hydrogen (secondary N) is 1. The van der Waals surface area contributed by atoms with Crippen LogP contribution in [0.3, 0.4) is 0 Å². The number of benzene rings is 2. The molecule has 3 rings (SSSR count). The summed E-state index contributed by atoms with van der Waals surface area (Å²) < 4.78 is 10.4. The topological polar surface area (TPSA) is 77.2 Å². The summed E-state index contributed by atoms with van der Waals surface area (Å²) in [4.78, 5) is 16.6. The van der Waals surface area contributed by atoms with Gasteiger partial charge in [-0.15, -0.1) is 0 Å². The van der Waals surface area contributed by atoms with Crippen LogP contribution < -0.4 is 10.1 Å². The summed E-state index contributed by atoms with van der Waals surface area (Å²) in [6.45, 7) is 3.97. The summed E-state index contributed by atoms with van der Waals surface area (Å²) in [6.07, 6.45) is 0.691. The minimum Gasteiger partial charge on any atom is -0.497 e. The lowest BCUT2D eigenvalue weighted by Crippen LogP contribution is -2.26. The highest BCUT2D eigenvalue weighted by molar-refractivity contribution is 5.76. The molecule has 1 aromatic heterocycles. The summed E-state index contributed by atoms with van der Waals surface area (Å²) in [6, 6.07) is 15.4. The van der Waals surface area contributed by atoms with Crippen LogP contribution in [0.2, 0.25) is 0 Å². The molecule has 0 saturated carbocycles. The zero-order valence-electron chi connectivity index (χ0n) is 15.7. The molecule has 0 aliphatic carbocycles. The summed E-state index contributed by atoms with van der Waals surface area (Å²) in [5.41, 5.74) is 3.09. The van der Waals surface area contributed by atoms with Gasteiger partial charge in [-0.1, -0.05) is 47.1 Å². The van der Waals surface area contributed by atoms with Crippen molar-refractivity contribution in [2.75, 3.05) is 7.11 Å².